The number of carbonyl (C=O) groups excluding carboxylic acids is 1. The fourth-order valence-electron chi connectivity index (χ4n) is 1.45. The van der Waals surface area contributed by atoms with E-state index in [-0.39, 0.29) is 19.1 Å². The summed E-state index contributed by atoms with van der Waals surface area (Å²) in [7, 11) is 0. The van der Waals surface area contributed by atoms with Crippen LogP contribution in [0.2, 0.25) is 0 Å². The van der Waals surface area contributed by atoms with Crippen molar-refractivity contribution in [3.05, 3.63) is 35.9 Å². The lowest BCUT2D eigenvalue weighted by Gasteiger charge is -2.19. The van der Waals surface area contributed by atoms with Crippen LogP contribution in [0.3, 0.4) is 0 Å². The minimum atomic E-state index is -0.526. The zero-order chi connectivity index (χ0) is 10.4. The lowest BCUT2D eigenvalue weighted by atomic mass is 9.88. The van der Waals surface area contributed by atoms with Crippen LogP contribution >= 0.6 is 0 Å². The maximum atomic E-state index is 10.6. The second-order valence-corrected chi connectivity index (χ2v) is 3.18. The van der Waals surface area contributed by atoms with E-state index in [0.717, 1.165) is 5.56 Å². The van der Waals surface area contributed by atoms with Crippen LogP contribution in [-0.2, 0) is 4.79 Å². The summed E-state index contributed by atoms with van der Waals surface area (Å²) in [4.78, 5) is 10.6. The van der Waals surface area contributed by atoms with Crippen molar-refractivity contribution in [3.8, 4) is 0 Å². The average Bonchev–Trinajstić information content (AvgIpc) is 2.27. The van der Waals surface area contributed by atoms with E-state index in [1.165, 1.54) is 0 Å². The molecule has 0 saturated heterocycles. The van der Waals surface area contributed by atoms with E-state index < -0.39 is 5.92 Å². The number of rotatable bonds is 5. The molecule has 76 valence electrons. The molecule has 0 aromatic heterocycles. The molecule has 3 nitrogen and oxygen atoms in total. The number of benzene rings is 1. The van der Waals surface area contributed by atoms with Crippen molar-refractivity contribution in [1.82, 2.24) is 0 Å². The number of aldehydes is 1. The Bertz CT molecular complexity index is 271. The number of aliphatic hydroxyl groups is 2. The molecule has 0 saturated carbocycles. The largest absolute Gasteiger partial charge is 0.396 e. The number of carbonyl (C=O) groups is 1. The zero-order valence-electron chi connectivity index (χ0n) is 7.84. The molecule has 3 heteroatoms. The molecule has 0 aliphatic carbocycles. The Morgan fingerprint density at radius 1 is 1.14 bits per heavy atom. The summed E-state index contributed by atoms with van der Waals surface area (Å²) in [6.45, 7) is -0.363. The summed E-state index contributed by atoms with van der Waals surface area (Å²) in [5.74, 6) is -0.832. The lowest BCUT2D eigenvalue weighted by molar-refractivity contribution is -0.113. The van der Waals surface area contributed by atoms with Crippen molar-refractivity contribution in [2.75, 3.05) is 13.2 Å². The Kier molecular flexibility index (Phi) is 4.29. The van der Waals surface area contributed by atoms with Gasteiger partial charge in [-0.1, -0.05) is 30.3 Å². The number of hydrogen-bond donors (Lipinski definition) is 2. The molecule has 2 N–H and O–H groups in total. The van der Waals surface area contributed by atoms with Crippen molar-refractivity contribution in [2.45, 2.75) is 5.92 Å². The highest BCUT2D eigenvalue weighted by Crippen LogP contribution is 2.22. The molecule has 0 heterocycles. The first-order valence-electron chi connectivity index (χ1n) is 4.55. The first-order chi connectivity index (χ1) is 6.83. The standard InChI is InChI=1S/C11H14O3/c12-6-10(7-13)11(8-14)9-4-2-1-3-5-9/h1-6,10-11,13-14H,7-8H2. The van der Waals surface area contributed by atoms with Crippen LogP contribution < -0.4 is 0 Å². The van der Waals surface area contributed by atoms with E-state index in [1.54, 1.807) is 0 Å². The summed E-state index contributed by atoms with van der Waals surface area (Å²) in [6.07, 6.45) is 0.688. The van der Waals surface area contributed by atoms with Gasteiger partial charge in [0, 0.05) is 11.8 Å². The molecular weight excluding hydrogens is 180 g/mol. The molecular formula is C11H14O3. The van der Waals surface area contributed by atoms with Gasteiger partial charge in [0.25, 0.3) is 0 Å². The molecule has 0 amide bonds. The molecule has 0 aliphatic rings. The summed E-state index contributed by atoms with van der Waals surface area (Å²) in [6, 6.07) is 9.24. The maximum absolute atomic E-state index is 10.6. The van der Waals surface area contributed by atoms with Gasteiger partial charge in [-0.25, -0.2) is 0 Å². The minimum Gasteiger partial charge on any atom is -0.396 e. The van der Waals surface area contributed by atoms with Crippen LogP contribution in [0.5, 0.6) is 0 Å². The van der Waals surface area contributed by atoms with Crippen molar-refractivity contribution < 1.29 is 15.0 Å². The zero-order valence-corrected chi connectivity index (χ0v) is 7.84. The third kappa shape index (κ3) is 2.40. The van der Waals surface area contributed by atoms with Gasteiger partial charge < -0.3 is 15.0 Å². The molecule has 0 aliphatic heterocycles. The Hall–Kier alpha value is -1.19. The van der Waals surface area contributed by atoms with Crippen LogP contribution in [-0.4, -0.2) is 29.7 Å². The summed E-state index contributed by atoms with van der Waals surface area (Å²) in [5.41, 5.74) is 0.876. The molecule has 0 fully saturated rings. The van der Waals surface area contributed by atoms with Crippen LogP contribution in [0.25, 0.3) is 0 Å². The molecule has 0 spiro atoms. The predicted octanol–water partition coefficient (Wildman–Crippen LogP) is 0.570. The maximum Gasteiger partial charge on any atom is 0.126 e. The van der Waals surface area contributed by atoms with Gasteiger partial charge in [-0.3, -0.25) is 0 Å². The number of hydrogen-bond acceptors (Lipinski definition) is 3. The SMILES string of the molecule is O=CC(CO)C(CO)c1ccccc1. The van der Waals surface area contributed by atoms with E-state index in [4.69, 9.17) is 10.2 Å². The summed E-state index contributed by atoms with van der Waals surface area (Å²) in [5, 5.41) is 18.1. The average molecular weight is 194 g/mol. The highest BCUT2D eigenvalue weighted by molar-refractivity contribution is 5.56. The molecule has 2 atom stereocenters. The van der Waals surface area contributed by atoms with E-state index in [9.17, 15) is 4.79 Å². The number of aliphatic hydroxyl groups excluding tert-OH is 2. The van der Waals surface area contributed by atoms with Crippen LogP contribution in [0, 0.1) is 5.92 Å². The quantitative estimate of drug-likeness (QED) is 0.674. The van der Waals surface area contributed by atoms with Gasteiger partial charge in [-0.2, -0.15) is 0 Å². The molecule has 0 bridgehead atoms. The minimum absolute atomic E-state index is 0.131. The lowest BCUT2D eigenvalue weighted by Crippen LogP contribution is -2.21. The molecule has 1 aromatic rings. The highest BCUT2D eigenvalue weighted by Gasteiger charge is 2.20. The first-order valence-corrected chi connectivity index (χ1v) is 4.55. The van der Waals surface area contributed by atoms with Crippen molar-refractivity contribution >= 4 is 6.29 Å². The molecule has 1 aromatic carbocycles. The van der Waals surface area contributed by atoms with Gasteiger partial charge in [0.1, 0.15) is 6.29 Å². The van der Waals surface area contributed by atoms with E-state index in [0.29, 0.717) is 6.29 Å². The van der Waals surface area contributed by atoms with Crippen LogP contribution in [0.4, 0.5) is 0 Å². The van der Waals surface area contributed by atoms with E-state index in [2.05, 4.69) is 0 Å². The fraction of sp³-hybridized carbons (Fsp3) is 0.364. The second-order valence-electron chi connectivity index (χ2n) is 3.18. The van der Waals surface area contributed by atoms with E-state index in [1.807, 2.05) is 30.3 Å². The van der Waals surface area contributed by atoms with Gasteiger partial charge in [-0.15, -0.1) is 0 Å². The monoisotopic (exact) mass is 194 g/mol. The first kappa shape index (κ1) is 10.9. The Balaban J connectivity index is 2.86. The third-order valence-corrected chi connectivity index (χ3v) is 2.33. The summed E-state index contributed by atoms with van der Waals surface area (Å²) >= 11 is 0. The van der Waals surface area contributed by atoms with Crippen molar-refractivity contribution in [1.29, 1.82) is 0 Å². The van der Waals surface area contributed by atoms with E-state index >= 15 is 0 Å². The Morgan fingerprint density at radius 2 is 1.79 bits per heavy atom. The van der Waals surface area contributed by atoms with Gasteiger partial charge in [0.2, 0.25) is 0 Å². The van der Waals surface area contributed by atoms with Crippen molar-refractivity contribution in [2.24, 2.45) is 5.92 Å². The van der Waals surface area contributed by atoms with Crippen molar-refractivity contribution in [3.63, 3.8) is 0 Å². The van der Waals surface area contributed by atoms with Gasteiger partial charge >= 0.3 is 0 Å². The van der Waals surface area contributed by atoms with Crippen LogP contribution in [0.15, 0.2) is 30.3 Å². The summed E-state index contributed by atoms with van der Waals surface area (Å²) < 4.78 is 0. The second kappa shape index (κ2) is 5.52. The smallest absolute Gasteiger partial charge is 0.126 e. The molecule has 14 heavy (non-hydrogen) atoms. The van der Waals surface area contributed by atoms with Gasteiger partial charge in [0.05, 0.1) is 13.2 Å². The predicted molar refractivity (Wildman–Crippen MR) is 52.9 cm³/mol. The third-order valence-electron chi connectivity index (χ3n) is 2.33. The highest BCUT2D eigenvalue weighted by atomic mass is 16.3. The van der Waals surface area contributed by atoms with Gasteiger partial charge in [-0.05, 0) is 5.56 Å². The Labute approximate surface area is 83.0 Å². The normalized spacial score (nSPS) is 14.7. The topological polar surface area (TPSA) is 57.5 Å². The van der Waals surface area contributed by atoms with Crippen LogP contribution in [0.1, 0.15) is 11.5 Å². The van der Waals surface area contributed by atoms with Gasteiger partial charge in [0.15, 0.2) is 0 Å². The molecule has 2 unspecified atom stereocenters. The Morgan fingerprint density at radius 3 is 2.21 bits per heavy atom. The molecule has 0 radical (unpaired) electrons. The fourth-order valence-corrected chi connectivity index (χ4v) is 1.45. The molecule has 1 rings (SSSR count).